The summed E-state index contributed by atoms with van der Waals surface area (Å²) in [6, 6.07) is 17.2. The monoisotopic (exact) mass is 258 g/mol. The normalized spacial score (nSPS) is 15.1. The van der Waals surface area contributed by atoms with E-state index in [0.29, 0.717) is 0 Å². The highest BCUT2D eigenvalue weighted by molar-refractivity contribution is 5.68. The smallest absolute Gasteiger partial charge is 0.00195 e. The van der Waals surface area contributed by atoms with Crippen molar-refractivity contribution in [3.8, 4) is 0 Å². The molecule has 2 aromatic rings. The third kappa shape index (κ3) is 2.80. The maximum atomic E-state index is 3.81. The zero-order valence-corrected chi connectivity index (χ0v) is 11.5. The summed E-state index contributed by atoms with van der Waals surface area (Å²) >= 11 is 0. The second-order valence-corrected chi connectivity index (χ2v) is 5.17. The SMILES string of the molecule is C=CCc1ccc2c(c1)C/C(=C/c1ccccc1)C=C2. The van der Waals surface area contributed by atoms with E-state index in [0.717, 1.165) is 12.8 Å². The number of fused-ring (bicyclic) bond motifs is 1. The van der Waals surface area contributed by atoms with Gasteiger partial charge in [-0.3, -0.25) is 0 Å². The third-order valence-electron chi connectivity index (χ3n) is 3.61. The van der Waals surface area contributed by atoms with Crippen molar-refractivity contribution in [2.75, 3.05) is 0 Å². The molecule has 0 saturated carbocycles. The highest BCUT2D eigenvalue weighted by atomic mass is 14.1. The summed E-state index contributed by atoms with van der Waals surface area (Å²) in [6.45, 7) is 3.81. The zero-order chi connectivity index (χ0) is 13.8. The lowest BCUT2D eigenvalue weighted by atomic mass is 9.91. The van der Waals surface area contributed by atoms with E-state index in [2.05, 4.69) is 73.3 Å². The fourth-order valence-corrected chi connectivity index (χ4v) is 2.61. The van der Waals surface area contributed by atoms with Crippen LogP contribution in [0.5, 0.6) is 0 Å². The van der Waals surface area contributed by atoms with E-state index in [-0.39, 0.29) is 0 Å². The molecule has 0 aliphatic heterocycles. The van der Waals surface area contributed by atoms with Crippen LogP contribution >= 0.6 is 0 Å². The van der Waals surface area contributed by atoms with Crippen LogP contribution < -0.4 is 0 Å². The molecule has 0 aromatic heterocycles. The van der Waals surface area contributed by atoms with Crippen molar-refractivity contribution in [2.24, 2.45) is 0 Å². The van der Waals surface area contributed by atoms with Gasteiger partial charge in [-0.05, 0) is 40.7 Å². The maximum absolute atomic E-state index is 3.81. The van der Waals surface area contributed by atoms with E-state index < -0.39 is 0 Å². The van der Waals surface area contributed by atoms with Crippen molar-refractivity contribution >= 4 is 12.2 Å². The number of benzene rings is 2. The van der Waals surface area contributed by atoms with Crippen molar-refractivity contribution in [1.82, 2.24) is 0 Å². The van der Waals surface area contributed by atoms with Crippen molar-refractivity contribution in [1.29, 1.82) is 0 Å². The second kappa shape index (κ2) is 5.75. The number of hydrogen-bond acceptors (Lipinski definition) is 0. The highest BCUT2D eigenvalue weighted by Gasteiger charge is 2.08. The molecule has 0 radical (unpaired) electrons. The Labute approximate surface area is 120 Å². The van der Waals surface area contributed by atoms with Gasteiger partial charge in [-0.15, -0.1) is 6.58 Å². The molecule has 0 N–H and O–H groups in total. The molecule has 0 fully saturated rings. The number of hydrogen-bond donors (Lipinski definition) is 0. The number of allylic oxidation sites excluding steroid dienone is 3. The molecule has 3 rings (SSSR count). The molecule has 1 aliphatic carbocycles. The Morgan fingerprint density at radius 3 is 2.65 bits per heavy atom. The highest BCUT2D eigenvalue weighted by Crippen LogP contribution is 2.25. The van der Waals surface area contributed by atoms with Crippen molar-refractivity contribution in [3.05, 3.63) is 95.1 Å². The van der Waals surface area contributed by atoms with Gasteiger partial charge in [0, 0.05) is 0 Å². The van der Waals surface area contributed by atoms with E-state index in [1.54, 1.807) is 0 Å². The summed E-state index contributed by atoms with van der Waals surface area (Å²) in [4.78, 5) is 0. The zero-order valence-electron chi connectivity index (χ0n) is 11.5. The van der Waals surface area contributed by atoms with Gasteiger partial charge in [0.25, 0.3) is 0 Å². The minimum Gasteiger partial charge on any atom is -0.103 e. The topological polar surface area (TPSA) is 0 Å². The Balaban J connectivity index is 1.89. The maximum Gasteiger partial charge on any atom is -0.00195 e. The summed E-state index contributed by atoms with van der Waals surface area (Å²) in [5, 5.41) is 0. The van der Waals surface area contributed by atoms with Gasteiger partial charge in [0.15, 0.2) is 0 Å². The quantitative estimate of drug-likeness (QED) is 0.674. The summed E-state index contributed by atoms with van der Waals surface area (Å²) in [5.74, 6) is 0. The molecule has 0 amide bonds. The first kappa shape index (κ1) is 12.7. The van der Waals surface area contributed by atoms with Gasteiger partial charge in [0.05, 0.1) is 0 Å². The van der Waals surface area contributed by atoms with Crippen LogP contribution in [0, 0.1) is 0 Å². The molecule has 0 bridgehead atoms. The van der Waals surface area contributed by atoms with Gasteiger partial charge in [0.1, 0.15) is 0 Å². The molecular formula is C20H18. The van der Waals surface area contributed by atoms with Gasteiger partial charge in [-0.25, -0.2) is 0 Å². The predicted octanol–water partition coefficient (Wildman–Crippen LogP) is 5.07. The standard InChI is InChI=1S/C20H18/c1-2-6-16-9-11-19-12-10-18(15-20(19)14-16)13-17-7-4-3-5-8-17/h2-5,7-14H,1,6,15H2/b18-13+. The summed E-state index contributed by atoms with van der Waals surface area (Å²) in [5.41, 5.74) is 6.71. The second-order valence-electron chi connectivity index (χ2n) is 5.17. The van der Waals surface area contributed by atoms with E-state index in [1.807, 2.05) is 6.08 Å². The molecule has 0 nitrogen and oxygen atoms in total. The fourth-order valence-electron chi connectivity index (χ4n) is 2.61. The van der Waals surface area contributed by atoms with Crippen LogP contribution in [0.3, 0.4) is 0 Å². The van der Waals surface area contributed by atoms with Gasteiger partial charge < -0.3 is 0 Å². The molecule has 1 aliphatic rings. The van der Waals surface area contributed by atoms with Crippen molar-refractivity contribution < 1.29 is 0 Å². The molecule has 2 aromatic carbocycles. The van der Waals surface area contributed by atoms with Gasteiger partial charge in [-0.2, -0.15) is 0 Å². The van der Waals surface area contributed by atoms with Crippen LogP contribution in [0.2, 0.25) is 0 Å². The lowest BCUT2D eigenvalue weighted by molar-refractivity contribution is 1.15. The van der Waals surface area contributed by atoms with E-state index >= 15 is 0 Å². The lowest BCUT2D eigenvalue weighted by Crippen LogP contribution is -1.98. The Morgan fingerprint density at radius 2 is 1.85 bits per heavy atom. The summed E-state index contributed by atoms with van der Waals surface area (Å²) in [6.07, 6.45) is 10.6. The van der Waals surface area contributed by atoms with Gasteiger partial charge >= 0.3 is 0 Å². The van der Waals surface area contributed by atoms with Crippen LogP contribution in [0.15, 0.2) is 72.8 Å². The third-order valence-corrected chi connectivity index (χ3v) is 3.61. The van der Waals surface area contributed by atoms with Crippen LogP contribution in [-0.4, -0.2) is 0 Å². The molecule has 0 spiro atoms. The van der Waals surface area contributed by atoms with E-state index in [9.17, 15) is 0 Å². The van der Waals surface area contributed by atoms with E-state index in [1.165, 1.54) is 27.8 Å². The average molecular weight is 258 g/mol. The lowest BCUT2D eigenvalue weighted by Gasteiger charge is -2.14. The van der Waals surface area contributed by atoms with Crippen LogP contribution in [-0.2, 0) is 12.8 Å². The average Bonchev–Trinajstić information content (AvgIpc) is 2.48. The summed E-state index contributed by atoms with van der Waals surface area (Å²) in [7, 11) is 0. The largest absolute Gasteiger partial charge is 0.103 e. The van der Waals surface area contributed by atoms with Crippen LogP contribution in [0.1, 0.15) is 22.3 Å². The molecule has 0 heteroatoms. The first-order chi connectivity index (χ1) is 9.85. The molecular weight excluding hydrogens is 240 g/mol. The minimum atomic E-state index is 0.939. The van der Waals surface area contributed by atoms with Gasteiger partial charge in [-0.1, -0.05) is 72.8 Å². The van der Waals surface area contributed by atoms with Crippen molar-refractivity contribution in [3.63, 3.8) is 0 Å². The molecule has 20 heavy (non-hydrogen) atoms. The van der Waals surface area contributed by atoms with E-state index in [4.69, 9.17) is 0 Å². The molecule has 98 valence electrons. The Bertz CT molecular complexity index is 672. The Kier molecular flexibility index (Phi) is 3.64. The number of rotatable bonds is 3. The molecule has 0 unspecified atom stereocenters. The Hall–Kier alpha value is -2.34. The van der Waals surface area contributed by atoms with Crippen LogP contribution in [0.25, 0.3) is 12.2 Å². The van der Waals surface area contributed by atoms with Crippen molar-refractivity contribution in [2.45, 2.75) is 12.8 Å². The molecule has 0 saturated heterocycles. The molecule has 0 heterocycles. The Morgan fingerprint density at radius 1 is 1.00 bits per heavy atom. The fraction of sp³-hybridized carbons (Fsp3) is 0.100. The minimum absolute atomic E-state index is 0.939. The van der Waals surface area contributed by atoms with Crippen LogP contribution in [0.4, 0.5) is 0 Å². The van der Waals surface area contributed by atoms with Gasteiger partial charge in [0.2, 0.25) is 0 Å². The first-order valence-corrected chi connectivity index (χ1v) is 7.01. The predicted molar refractivity (Wildman–Crippen MR) is 87.5 cm³/mol. The molecule has 0 atom stereocenters. The summed E-state index contributed by atoms with van der Waals surface area (Å²) < 4.78 is 0. The first-order valence-electron chi connectivity index (χ1n) is 7.01.